The number of carbonyl (C=O) groups is 3. The minimum absolute atomic E-state index is 0.0764. The zero-order valence-electron chi connectivity index (χ0n) is 49.1. The number of unbranched alkanes of at least 4 members (excludes halogenated alkanes) is 35. The predicted octanol–water partition coefficient (Wildman–Crippen LogP) is 21.7. The SMILES string of the molecule is CC/C=C\C/C=C\C/C=C\CCCCCCCCCC(=O)OC(COC(=O)CCCCCCCC)COC(=O)CCCCCCCCCCCCCCCCCCCC/C=C\C/C=C\C/C=C\CCCCCCC. The first-order valence-electron chi connectivity index (χ1n) is 31.9. The average molecular weight is 1030 g/mol. The molecule has 0 heterocycles. The van der Waals surface area contributed by atoms with Crippen molar-refractivity contribution < 1.29 is 28.6 Å². The summed E-state index contributed by atoms with van der Waals surface area (Å²) in [6, 6.07) is 0. The molecule has 0 N–H and O–H groups in total. The van der Waals surface area contributed by atoms with Crippen molar-refractivity contribution in [3.05, 3.63) is 72.9 Å². The van der Waals surface area contributed by atoms with E-state index in [0.29, 0.717) is 19.3 Å². The molecule has 1 unspecified atom stereocenters. The minimum Gasteiger partial charge on any atom is -0.462 e. The molecule has 0 radical (unpaired) electrons. The molecular weight excluding hydrogens is 913 g/mol. The first kappa shape index (κ1) is 70.8. The number of ether oxygens (including phenoxy) is 3. The lowest BCUT2D eigenvalue weighted by molar-refractivity contribution is -0.167. The predicted molar refractivity (Wildman–Crippen MR) is 321 cm³/mol. The Kier molecular flexibility index (Phi) is 59.7. The third-order valence-corrected chi connectivity index (χ3v) is 13.9. The topological polar surface area (TPSA) is 78.9 Å². The highest BCUT2D eigenvalue weighted by molar-refractivity contribution is 5.71. The van der Waals surface area contributed by atoms with E-state index in [4.69, 9.17) is 14.2 Å². The van der Waals surface area contributed by atoms with Gasteiger partial charge >= 0.3 is 17.9 Å². The zero-order valence-corrected chi connectivity index (χ0v) is 49.1. The van der Waals surface area contributed by atoms with E-state index < -0.39 is 6.10 Å². The summed E-state index contributed by atoms with van der Waals surface area (Å²) in [5.41, 5.74) is 0. The normalized spacial score (nSPS) is 12.5. The second-order valence-corrected chi connectivity index (χ2v) is 21.3. The van der Waals surface area contributed by atoms with Crippen LogP contribution in [0.5, 0.6) is 0 Å². The summed E-state index contributed by atoms with van der Waals surface area (Å²) in [5, 5.41) is 0. The highest BCUT2D eigenvalue weighted by Crippen LogP contribution is 2.17. The van der Waals surface area contributed by atoms with Gasteiger partial charge in [0.15, 0.2) is 6.10 Å². The van der Waals surface area contributed by atoms with Gasteiger partial charge in [0.25, 0.3) is 0 Å². The summed E-state index contributed by atoms with van der Waals surface area (Å²) in [7, 11) is 0. The molecule has 0 aromatic heterocycles. The standard InChI is InChI=1S/C68H120O6/c1-4-7-10-13-16-18-20-22-24-26-27-28-29-30-31-32-33-34-35-36-37-38-39-40-41-43-44-46-48-50-52-55-58-61-67(70)73-64-65(63-72-66(69)60-57-54-15-12-9-6-3)74-68(71)62-59-56-53-51-49-47-45-42-25-23-21-19-17-14-11-8-5-2/h8,11,17,19-20,22-23,25-27,29-30,65H,4-7,9-10,12-16,18,21,24,28,31-64H2,1-3H3/b11-8-,19-17-,22-20-,25-23-,27-26-,30-29-. The van der Waals surface area contributed by atoms with Crippen LogP contribution in [0.1, 0.15) is 323 Å². The van der Waals surface area contributed by atoms with Gasteiger partial charge in [-0.3, -0.25) is 14.4 Å². The highest BCUT2D eigenvalue weighted by Gasteiger charge is 2.19. The average Bonchev–Trinajstić information content (AvgIpc) is 3.40. The quantitative estimate of drug-likeness (QED) is 0.0261. The van der Waals surface area contributed by atoms with Crippen LogP contribution >= 0.6 is 0 Å². The molecule has 0 bridgehead atoms. The van der Waals surface area contributed by atoms with E-state index in [1.54, 1.807) is 0 Å². The molecule has 6 nitrogen and oxygen atoms in total. The lowest BCUT2D eigenvalue weighted by Gasteiger charge is -2.18. The van der Waals surface area contributed by atoms with Crippen molar-refractivity contribution in [2.45, 2.75) is 329 Å². The minimum atomic E-state index is -0.776. The van der Waals surface area contributed by atoms with Crippen molar-refractivity contribution in [2.75, 3.05) is 13.2 Å². The molecule has 0 spiro atoms. The third-order valence-electron chi connectivity index (χ3n) is 13.9. The summed E-state index contributed by atoms with van der Waals surface area (Å²) in [4.78, 5) is 37.9. The van der Waals surface area contributed by atoms with E-state index in [1.165, 1.54) is 186 Å². The monoisotopic (exact) mass is 1030 g/mol. The largest absolute Gasteiger partial charge is 0.462 e. The molecule has 74 heavy (non-hydrogen) atoms. The van der Waals surface area contributed by atoms with Gasteiger partial charge in [0.05, 0.1) is 0 Å². The zero-order chi connectivity index (χ0) is 53.6. The first-order chi connectivity index (χ1) is 36.5. The van der Waals surface area contributed by atoms with E-state index in [2.05, 4.69) is 93.7 Å². The number of carbonyl (C=O) groups excluding carboxylic acids is 3. The molecule has 0 aromatic rings. The second-order valence-electron chi connectivity index (χ2n) is 21.3. The Bertz CT molecular complexity index is 1370. The van der Waals surface area contributed by atoms with Crippen molar-refractivity contribution in [3.63, 3.8) is 0 Å². The van der Waals surface area contributed by atoms with E-state index in [0.717, 1.165) is 96.3 Å². The fraction of sp³-hybridized carbons (Fsp3) is 0.779. The van der Waals surface area contributed by atoms with E-state index in [1.807, 2.05) is 0 Å². The summed E-state index contributed by atoms with van der Waals surface area (Å²) in [6.45, 7) is 6.48. The molecule has 1 atom stereocenters. The molecule has 6 heteroatoms. The number of rotatable bonds is 58. The van der Waals surface area contributed by atoms with Gasteiger partial charge in [-0.05, 0) is 89.9 Å². The lowest BCUT2D eigenvalue weighted by Crippen LogP contribution is -2.30. The maximum absolute atomic E-state index is 12.8. The third kappa shape index (κ3) is 59.7. The molecule has 428 valence electrons. The van der Waals surface area contributed by atoms with Gasteiger partial charge in [-0.1, -0.05) is 286 Å². The number of allylic oxidation sites excluding steroid dienone is 12. The summed E-state index contributed by atoms with van der Waals surface area (Å²) >= 11 is 0. The molecular formula is C68H120O6. The van der Waals surface area contributed by atoms with Gasteiger partial charge in [-0.15, -0.1) is 0 Å². The van der Waals surface area contributed by atoms with Crippen LogP contribution in [0, 0.1) is 0 Å². The van der Waals surface area contributed by atoms with Crippen LogP contribution in [0.2, 0.25) is 0 Å². The Hall–Kier alpha value is -3.15. The Morgan fingerprint density at radius 2 is 0.527 bits per heavy atom. The van der Waals surface area contributed by atoms with E-state index >= 15 is 0 Å². The van der Waals surface area contributed by atoms with Crippen molar-refractivity contribution >= 4 is 17.9 Å². The summed E-state index contributed by atoms with van der Waals surface area (Å²) in [6.07, 6.45) is 81.0. The molecule has 0 aromatic carbocycles. The second kappa shape index (κ2) is 62.4. The molecule has 0 amide bonds. The van der Waals surface area contributed by atoms with Gasteiger partial charge in [-0.2, -0.15) is 0 Å². The van der Waals surface area contributed by atoms with Gasteiger partial charge in [0, 0.05) is 19.3 Å². The van der Waals surface area contributed by atoms with E-state index in [9.17, 15) is 14.4 Å². The Labute approximate surface area is 459 Å². The molecule has 0 saturated heterocycles. The van der Waals surface area contributed by atoms with Gasteiger partial charge in [-0.25, -0.2) is 0 Å². The Balaban J connectivity index is 3.98. The maximum Gasteiger partial charge on any atom is 0.306 e. The van der Waals surface area contributed by atoms with Crippen LogP contribution < -0.4 is 0 Å². The molecule has 0 aliphatic carbocycles. The van der Waals surface area contributed by atoms with Crippen LogP contribution in [-0.4, -0.2) is 37.2 Å². The van der Waals surface area contributed by atoms with Crippen molar-refractivity contribution in [1.82, 2.24) is 0 Å². The van der Waals surface area contributed by atoms with Crippen LogP contribution in [0.15, 0.2) is 72.9 Å². The summed E-state index contributed by atoms with van der Waals surface area (Å²) < 4.78 is 16.8. The van der Waals surface area contributed by atoms with Crippen LogP contribution in [0.3, 0.4) is 0 Å². The molecule has 0 aliphatic heterocycles. The van der Waals surface area contributed by atoms with Crippen LogP contribution in [0.25, 0.3) is 0 Å². The number of hydrogen-bond donors (Lipinski definition) is 0. The van der Waals surface area contributed by atoms with Crippen LogP contribution in [0.4, 0.5) is 0 Å². The van der Waals surface area contributed by atoms with Crippen LogP contribution in [-0.2, 0) is 28.6 Å². The van der Waals surface area contributed by atoms with Gasteiger partial charge in [0.2, 0.25) is 0 Å². The van der Waals surface area contributed by atoms with Gasteiger partial charge in [0.1, 0.15) is 13.2 Å². The fourth-order valence-electron chi connectivity index (χ4n) is 9.17. The van der Waals surface area contributed by atoms with Crippen molar-refractivity contribution in [2.24, 2.45) is 0 Å². The highest BCUT2D eigenvalue weighted by atomic mass is 16.6. The Morgan fingerprint density at radius 3 is 0.824 bits per heavy atom. The maximum atomic E-state index is 12.8. The number of esters is 3. The lowest BCUT2D eigenvalue weighted by atomic mass is 10.0. The molecule has 0 fully saturated rings. The summed E-state index contributed by atoms with van der Waals surface area (Å²) in [5.74, 6) is -0.885. The Morgan fingerprint density at radius 1 is 0.284 bits per heavy atom. The van der Waals surface area contributed by atoms with Gasteiger partial charge < -0.3 is 14.2 Å². The smallest absolute Gasteiger partial charge is 0.306 e. The van der Waals surface area contributed by atoms with Crippen molar-refractivity contribution in [1.29, 1.82) is 0 Å². The first-order valence-corrected chi connectivity index (χ1v) is 31.9. The number of hydrogen-bond acceptors (Lipinski definition) is 6. The fourth-order valence-corrected chi connectivity index (χ4v) is 9.17. The molecule has 0 saturated carbocycles. The molecule has 0 aliphatic rings. The van der Waals surface area contributed by atoms with Crippen molar-refractivity contribution in [3.8, 4) is 0 Å². The molecule has 0 rings (SSSR count). The van der Waals surface area contributed by atoms with E-state index in [-0.39, 0.29) is 31.1 Å².